The van der Waals surface area contributed by atoms with E-state index < -0.39 is 10.7 Å². The number of aromatic amines is 1. The van der Waals surface area contributed by atoms with Gasteiger partial charge >= 0.3 is 0 Å². The molecule has 1 N–H and O–H groups in total. The quantitative estimate of drug-likeness (QED) is 0.125. The SMILES string of the molecule is O=C(CN(CCOc1ccc2c(c1)[nH]c1ccccc12)C(=O)c1ccccc1)c1ccc(Br)c([N+](=O)[O-])c1. The molecular formula is C29H22BrN3O5. The fourth-order valence-electron chi connectivity index (χ4n) is 4.30. The highest BCUT2D eigenvalue weighted by molar-refractivity contribution is 9.10. The summed E-state index contributed by atoms with van der Waals surface area (Å²) >= 11 is 3.13. The first-order chi connectivity index (χ1) is 18.4. The lowest BCUT2D eigenvalue weighted by atomic mass is 10.1. The number of ketones is 1. The van der Waals surface area contributed by atoms with Gasteiger partial charge in [0.2, 0.25) is 0 Å². The zero-order valence-electron chi connectivity index (χ0n) is 20.1. The van der Waals surface area contributed by atoms with E-state index in [0.717, 1.165) is 21.8 Å². The van der Waals surface area contributed by atoms with Crippen LogP contribution in [0.5, 0.6) is 5.75 Å². The molecule has 1 heterocycles. The molecule has 0 bridgehead atoms. The van der Waals surface area contributed by atoms with Crippen LogP contribution in [-0.2, 0) is 0 Å². The van der Waals surface area contributed by atoms with Gasteiger partial charge in [-0.15, -0.1) is 0 Å². The monoisotopic (exact) mass is 571 g/mol. The van der Waals surface area contributed by atoms with Crippen LogP contribution in [0.25, 0.3) is 21.8 Å². The number of nitro benzene ring substituents is 1. The Morgan fingerprint density at radius 1 is 0.868 bits per heavy atom. The molecule has 0 spiro atoms. The number of Topliss-reactive ketones (excluding diaryl/α,β-unsaturated/α-hetero) is 1. The number of aromatic nitrogens is 1. The topological polar surface area (TPSA) is 106 Å². The number of hydrogen-bond donors (Lipinski definition) is 1. The van der Waals surface area contributed by atoms with E-state index in [4.69, 9.17) is 4.74 Å². The summed E-state index contributed by atoms with van der Waals surface area (Å²) in [5.74, 6) is -0.115. The molecular weight excluding hydrogens is 550 g/mol. The van der Waals surface area contributed by atoms with Gasteiger partial charge in [0.1, 0.15) is 12.4 Å². The third kappa shape index (κ3) is 5.28. The lowest BCUT2D eigenvalue weighted by Crippen LogP contribution is -2.38. The molecule has 0 aliphatic rings. The molecule has 0 aliphatic carbocycles. The number of halogens is 1. The Hall–Kier alpha value is -4.50. The van der Waals surface area contributed by atoms with Gasteiger partial charge in [-0.2, -0.15) is 0 Å². The van der Waals surface area contributed by atoms with Crippen molar-refractivity contribution in [2.45, 2.75) is 0 Å². The summed E-state index contributed by atoms with van der Waals surface area (Å²) < 4.78 is 6.23. The minimum Gasteiger partial charge on any atom is -0.492 e. The largest absolute Gasteiger partial charge is 0.492 e. The number of amides is 1. The average molecular weight is 572 g/mol. The van der Waals surface area contributed by atoms with Gasteiger partial charge in [0, 0.05) is 39.5 Å². The average Bonchev–Trinajstić information content (AvgIpc) is 3.30. The molecule has 0 saturated heterocycles. The summed E-state index contributed by atoms with van der Waals surface area (Å²) in [4.78, 5) is 41.8. The highest BCUT2D eigenvalue weighted by Crippen LogP contribution is 2.28. The van der Waals surface area contributed by atoms with Crippen molar-refractivity contribution in [3.05, 3.63) is 117 Å². The molecule has 9 heteroatoms. The van der Waals surface area contributed by atoms with Crippen LogP contribution in [0.1, 0.15) is 20.7 Å². The number of nitro groups is 1. The second kappa shape index (κ2) is 10.9. The Kier molecular flexibility index (Phi) is 7.19. The molecule has 0 aliphatic heterocycles. The first-order valence-electron chi connectivity index (χ1n) is 11.9. The van der Waals surface area contributed by atoms with Crippen LogP contribution in [0.4, 0.5) is 5.69 Å². The van der Waals surface area contributed by atoms with Crippen LogP contribution in [0.15, 0.2) is 95.5 Å². The maximum atomic E-state index is 13.3. The van der Waals surface area contributed by atoms with Crippen molar-refractivity contribution in [2.75, 3.05) is 19.7 Å². The van der Waals surface area contributed by atoms with Crippen molar-refractivity contribution < 1.29 is 19.2 Å². The van der Waals surface area contributed by atoms with Crippen molar-refractivity contribution in [3.8, 4) is 5.75 Å². The maximum absolute atomic E-state index is 13.3. The van der Waals surface area contributed by atoms with Gasteiger partial charge in [-0.3, -0.25) is 19.7 Å². The maximum Gasteiger partial charge on any atom is 0.284 e. The number of carbonyl (C=O) groups excluding carboxylic acids is 2. The van der Waals surface area contributed by atoms with Crippen LogP contribution < -0.4 is 4.74 Å². The number of carbonyl (C=O) groups is 2. The normalized spacial score (nSPS) is 11.0. The molecule has 4 aromatic carbocycles. The molecule has 0 atom stereocenters. The van der Waals surface area contributed by atoms with Crippen molar-refractivity contribution in [2.24, 2.45) is 0 Å². The van der Waals surface area contributed by atoms with Crippen molar-refractivity contribution in [1.29, 1.82) is 0 Å². The van der Waals surface area contributed by atoms with Gasteiger partial charge in [-0.05, 0) is 58.4 Å². The van der Waals surface area contributed by atoms with Gasteiger partial charge in [-0.1, -0.05) is 36.4 Å². The highest BCUT2D eigenvalue weighted by Gasteiger charge is 2.22. The molecule has 1 amide bonds. The first kappa shape index (κ1) is 25.2. The number of hydrogen-bond acceptors (Lipinski definition) is 5. The second-order valence-electron chi connectivity index (χ2n) is 8.67. The van der Waals surface area contributed by atoms with Crippen molar-refractivity contribution in [1.82, 2.24) is 9.88 Å². The highest BCUT2D eigenvalue weighted by atomic mass is 79.9. The number of ether oxygens (including phenoxy) is 1. The lowest BCUT2D eigenvalue weighted by Gasteiger charge is -2.22. The van der Waals surface area contributed by atoms with Crippen molar-refractivity contribution in [3.63, 3.8) is 0 Å². The lowest BCUT2D eigenvalue weighted by molar-refractivity contribution is -0.385. The van der Waals surface area contributed by atoms with Crippen LogP contribution in [0.2, 0.25) is 0 Å². The molecule has 5 aromatic rings. The summed E-state index contributed by atoms with van der Waals surface area (Å²) in [6.07, 6.45) is 0. The molecule has 0 saturated carbocycles. The van der Waals surface area contributed by atoms with Crippen LogP contribution in [-0.4, -0.2) is 46.2 Å². The molecule has 0 radical (unpaired) electrons. The summed E-state index contributed by atoms with van der Waals surface area (Å²) in [7, 11) is 0. The van der Waals surface area contributed by atoms with E-state index in [1.807, 2.05) is 36.4 Å². The minimum atomic E-state index is -0.564. The van der Waals surface area contributed by atoms with E-state index in [9.17, 15) is 19.7 Å². The summed E-state index contributed by atoms with van der Waals surface area (Å²) in [6, 6.07) is 26.6. The van der Waals surface area contributed by atoms with Crippen molar-refractivity contribution >= 4 is 55.1 Å². The number of nitrogens with one attached hydrogen (secondary N) is 1. The number of rotatable bonds is 9. The van der Waals surface area contributed by atoms with Gasteiger partial charge in [0.25, 0.3) is 11.6 Å². The molecule has 0 unspecified atom stereocenters. The Balaban J connectivity index is 1.33. The van der Waals surface area contributed by atoms with E-state index in [-0.39, 0.29) is 41.3 Å². The second-order valence-corrected chi connectivity index (χ2v) is 9.52. The van der Waals surface area contributed by atoms with Gasteiger partial charge in [-0.25, -0.2) is 0 Å². The Morgan fingerprint density at radius 2 is 1.61 bits per heavy atom. The first-order valence-corrected chi connectivity index (χ1v) is 12.6. The zero-order chi connectivity index (χ0) is 26.6. The van der Waals surface area contributed by atoms with Crippen LogP contribution in [0.3, 0.4) is 0 Å². The number of H-pyrrole nitrogens is 1. The number of para-hydroxylation sites is 1. The molecule has 5 rings (SSSR count). The van der Waals surface area contributed by atoms with Gasteiger partial charge < -0.3 is 14.6 Å². The van der Waals surface area contributed by atoms with E-state index in [0.29, 0.717) is 11.3 Å². The molecule has 1 aromatic heterocycles. The van der Waals surface area contributed by atoms with Gasteiger partial charge in [0.15, 0.2) is 5.78 Å². The predicted octanol–water partition coefficient (Wildman–Crippen LogP) is 6.40. The smallest absolute Gasteiger partial charge is 0.284 e. The number of benzene rings is 4. The van der Waals surface area contributed by atoms with Crippen LogP contribution >= 0.6 is 15.9 Å². The minimum absolute atomic E-state index is 0.142. The predicted molar refractivity (Wildman–Crippen MR) is 149 cm³/mol. The number of nitrogens with zero attached hydrogens (tertiary/aromatic N) is 2. The summed E-state index contributed by atoms with van der Waals surface area (Å²) in [6.45, 7) is 0.0395. The third-order valence-electron chi connectivity index (χ3n) is 6.21. The molecule has 8 nitrogen and oxygen atoms in total. The number of fused-ring (bicyclic) bond motifs is 3. The molecule has 0 fully saturated rings. The zero-order valence-corrected chi connectivity index (χ0v) is 21.7. The fraction of sp³-hybridized carbons (Fsp3) is 0.103. The van der Waals surface area contributed by atoms with Gasteiger partial charge in [0.05, 0.1) is 28.0 Å². The van der Waals surface area contributed by atoms with E-state index in [1.54, 1.807) is 30.3 Å². The Labute approximate surface area is 226 Å². The third-order valence-corrected chi connectivity index (χ3v) is 6.89. The summed E-state index contributed by atoms with van der Waals surface area (Å²) in [5, 5.41) is 13.5. The molecule has 38 heavy (non-hydrogen) atoms. The Morgan fingerprint density at radius 3 is 2.39 bits per heavy atom. The fourth-order valence-corrected chi connectivity index (χ4v) is 4.69. The summed E-state index contributed by atoms with van der Waals surface area (Å²) in [5.41, 5.74) is 2.34. The molecule has 190 valence electrons. The van der Waals surface area contributed by atoms with E-state index in [2.05, 4.69) is 27.0 Å². The Bertz CT molecular complexity index is 1670. The standard InChI is InChI=1S/C29H22BrN3O5/c30-24-13-10-20(16-27(24)33(36)37)28(34)18-32(29(35)19-6-2-1-3-7-19)14-15-38-21-11-12-23-22-8-4-5-9-25(22)31-26(23)17-21/h1-13,16-17,31H,14-15,18H2. The van der Waals surface area contributed by atoms with E-state index >= 15 is 0 Å². The van der Waals surface area contributed by atoms with E-state index in [1.165, 1.54) is 23.1 Å². The van der Waals surface area contributed by atoms with Crippen LogP contribution in [0, 0.1) is 10.1 Å².